The van der Waals surface area contributed by atoms with E-state index < -0.39 is 0 Å². The third-order valence-electron chi connectivity index (χ3n) is 3.96. The summed E-state index contributed by atoms with van der Waals surface area (Å²) < 4.78 is 1.08. The third kappa shape index (κ3) is 1.95. The number of anilines is 1. The van der Waals surface area contributed by atoms with Gasteiger partial charge < -0.3 is 10.5 Å². The Morgan fingerprint density at radius 1 is 1.24 bits per heavy atom. The molecule has 3 rings (SSSR count). The Bertz CT molecular complexity index is 443. The second kappa shape index (κ2) is 4.33. The number of rotatable bonds is 2. The lowest BCUT2D eigenvalue weighted by Gasteiger charge is -2.24. The molecule has 2 aliphatic carbocycles. The average molecular weight is 295 g/mol. The van der Waals surface area contributed by atoms with E-state index in [-0.39, 0.29) is 6.04 Å². The first-order chi connectivity index (χ1) is 8.28. The molecule has 1 aromatic carbocycles. The molecule has 2 fully saturated rings. The second-order valence-corrected chi connectivity index (χ2v) is 5.84. The van der Waals surface area contributed by atoms with Crippen molar-refractivity contribution in [1.29, 1.82) is 0 Å². The van der Waals surface area contributed by atoms with Crippen LogP contribution in [0.2, 0.25) is 0 Å². The average Bonchev–Trinajstić information content (AvgIpc) is 2.92. The monoisotopic (exact) mass is 294 g/mol. The number of hydrogen-bond donors (Lipinski definition) is 2. The summed E-state index contributed by atoms with van der Waals surface area (Å²) in [6.07, 6.45) is 3.61. The van der Waals surface area contributed by atoms with E-state index >= 15 is 0 Å². The molecule has 0 aromatic heterocycles. The van der Waals surface area contributed by atoms with Gasteiger partial charge in [0.05, 0.1) is 11.8 Å². The van der Waals surface area contributed by atoms with E-state index in [9.17, 15) is 0 Å². The Labute approximate surface area is 109 Å². The molecule has 2 bridgehead atoms. The number of nitrogens with zero attached hydrogens (tertiary/aromatic N) is 1. The molecule has 3 atom stereocenters. The van der Waals surface area contributed by atoms with Crippen molar-refractivity contribution in [3.63, 3.8) is 0 Å². The molecule has 0 spiro atoms. The van der Waals surface area contributed by atoms with Crippen LogP contribution in [0.5, 0.6) is 0 Å². The fraction of sp³-hybridized carbons (Fsp3) is 0.462. The molecule has 0 saturated heterocycles. The molecule has 2 N–H and O–H groups in total. The molecule has 0 aliphatic heterocycles. The lowest BCUT2D eigenvalue weighted by atomic mass is 9.93. The summed E-state index contributed by atoms with van der Waals surface area (Å²) in [6.45, 7) is 0. The van der Waals surface area contributed by atoms with Crippen molar-refractivity contribution in [2.45, 2.75) is 25.3 Å². The van der Waals surface area contributed by atoms with Gasteiger partial charge in [-0.15, -0.1) is 0 Å². The van der Waals surface area contributed by atoms with Crippen LogP contribution in [-0.4, -0.2) is 17.0 Å². The number of hydrogen-bond acceptors (Lipinski definition) is 3. The minimum atomic E-state index is 0.222. The molecule has 17 heavy (non-hydrogen) atoms. The van der Waals surface area contributed by atoms with E-state index in [0.29, 0.717) is 11.8 Å². The van der Waals surface area contributed by atoms with Crippen LogP contribution >= 0.6 is 15.9 Å². The molecule has 4 heteroatoms. The van der Waals surface area contributed by atoms with Crippen molar-refractivity contribution in [2.75, 3.05) is 5.32 Å². The predicted octanol–water partition coefficient (Wildman–Crippen LogP) is 3.49. The number of benzene rings is 1. The standard InChI is InChI=1S/C13H15BrN2O/c14-10-3-5-11(6-4-10)15-12-8-1-2-9(7-8)13(12)16-17/h3-6,8-9,12,15,17H,1-2,7H2/b16-13+/t8-,9-,12+/m0/s1. The Balaban J connectivity index is 1.79. The molecule has 90 valence electrons. The normalized spacial score (nSPS) is 33.2. The summed E-state index contributed by atoms with van der Waals surface area (Å²) in [7, 11) is 0. The molecule has 2 aliphatic rings. The molecule has 1 aromatic rings. The second-order valence-electron chi connectivity index (χ2n) is 4.92. The molecular weight excluding hydrogens is 280 g/mol. The molecular formula is C13H15BrN2O. The maximum absolute atomic E-state index is 9.12. The lowest BCUT2D eigenvalue weighted by Crippen LogP contribution is -2.35. The smallest absolute Gasteiger partial charge is 0.0826 e. The van der Waals surface area contributed by atoms with Crippen LogP contribution in [0.1, 0.15) is 19.3 Å². The van der Waals surface area contributed by atoms with Crippen LogP contribution in [0.15, 0.2) is 33.9 Å². The van der Waals surface area contributed by atoms with Crippen LogP contribution < -0.4 is 5.32 Å². The SMILES string of the molecule is O/N=C1\[C@H]2CC[C@@H](C2)[C@H]1Nc1ccc(Br)cc1. The van der Waals surface area contributed by atoms with E-state index in [2.05, 4.69) is 26.4 Å². The maximum atomic E-state index is 9.12. The van der Waals surface area contributed by atoms with Gasteiger partial charge in [0.15, 0.2) is 0 Å². The highest BCUT2D eigenvalue weighted by Gasteiger charge is 2.45. The van der Waals surface area contributed by atoms with Crippen LogP contribution in [0.3, 0.4) is 0 Å². The molecule has 3 nitrogen and oxygen atoms in total. The molecule has 0 heterocycles. The minimum Gasteiger partial charge on any atom is -0.411 e. The maximum Gasteiger partial charge on any atom is 0.0826 e. The van der Waals surface area contributed by atoms with E-state index in [0.717, 1.165) is 15.9 Å². The topological polar surface area (TPSA) is 44.6 Å². The summed E-state index contributed by atoms with van der Waals surface area (Å²) in [5, 5.41) is 16.1. The number of oxime groups is 1. The van der Waals surface area contributed by atoms with Crippen LogP contribution in [0, 0.1) is 11.8 Å². The van der Waals surface area contributed by atoms with Crippen molar-refractivity contribution >= 4 is 27.3 Å². The van der Waals surface area contributed by atoms with Gasteiger partial charge >= 0.3 is 0 Å². The van der Waals surface area contributed by atoms with Gasteiger partial charge in [-0.25, -0.2) is 0 Å². The Hall–Kier alpha value is -1.03. The third-order valence-corrected chi connectivity index (χ3v) is 4.49. The van der Waals surface area contributed by atoms with Crippen molar-refractivity contribution in [2.24, 2.45) is 17.0 Å². The highest BCUT2D eigenvalue weighted by molar-refractivity contribution is 9.10. The van der Waals surface area contributed by atoms with Crippen molar-refractivity contribution < 1.29 is 5.21 Å². The molecule has 0 radical (unpaired) electrons. The zero-order valence-corrected chi connectivity index (χ0v) is 11.0. The van der Waals surface area contributed by atoms with Gasteiger partial charge in [-0.05, 0) is 49.4 Å². The van der Waals surface area contributed by atoms with Gasteiger partial charge in [0.2, 0.25) is 0 Å². The zero-order chi connectivity index (χ0) is 11.8. The zero-order valence-electron chi connectivity index (χ0n) is 9.44. The quantitative estimate of drug-likeness (QED) is 0.648. The highest BCUT2D eigenvalue weighted by atomic mass is 79.9. The van der Waals surface area contributed by atoms with Crippen molar-refractivity contribution in [1.82, 2.24) is 0 Å². The van der Waals surface area contributed by atoms with Gasteiger partial charge in [0.1, 0.15) is 0 Å². The summed E-state index contributed by atoms with van der Waals surface area (Å²) in [6, 6.07) is 8.35. The Morgan fingerprint density at radius 3 is 2.71 bits per heavy atom. The van der Waals surface area contributed by atoms with Crippen LogP contribution in [0.25, 0.3) is 0 Å². The number of nitrogens with one attached hydrogen (secondary N) is 1. The van der Waals surface area contributed by atoms with Crippen molar-refractivity contribution in [3.05, 3.63) is 28.7 Å². The highest BCUT2D eigenvalue weighted by Crippen LogP contribution is 2.43. The summed E-state index contributed by atoms with van der Waals surface area (Å²) in [5.41, 5.74) is 2.04. The van der Waals surface area contributed by atoms with Gasteiger partial charge in [-0.3, -0.25) is 0 Å². The first kappa shape index (κ1) is 11.1. The summed E-state index contributed by atoms with van der Waals surface area (Å²) in [4.78, 5) is 0. The Morgan fingerprint density at radius 2 is 2.00 bits per heavy atom. The first-order valence-corrected chi connectivity index (χ1v) is 6.81. The number of halogens is 1. The van der Waals surface area contributed by atoms with Gasteiger partial charge in [0.25, 0.3) is 0 Å². The van der Waals surface area contributed by atoms with Gasteiger partial charge in [-0.1, -0.05) is 21.1 Å². The van der Waals surface area contributed by atoms with Gasteiger partial charge in [0, 0.05) is 16.1 Å². The fourth-order valence-corrected chi connectivity index (χ4v) is 3.41. The molecule has 2 saturated carbocycles. The molecule has 0 amide bonds. The van der Waals surface area contributed by atoms with E-state index in [1.165, 1.54) is 19.3 Å². The largest absolute Gasteiger partial charge is 0.411 e. The number of fused-ring (bicyclic) bond motifs is 2. The summed E-state index contributed by atoms with van der Waals surface area (Å²) >= 11 is 3.42. The van der Waals surface area contributed by atoms with Crippen LogP contribution in [-0.2, 0) is 0 Å². The molecule has 0 unspecified atom stereocenters. The Kier molecular flexibility index (Phi) is 2.82. The van der Waals surface area contributed by atoms with Crippen molar-refractivity contribution in [3.8, 4) is 0 Å². The summed E-state index contributed by atoms with van der Waals surface area (Å²) in [5.74, 6) is 1.13. The fourth-order valence-electron chi connectivity index (χ4n) is 3.14. The minimum absolute atomic E-state index is 0.222. The van der Waals surface area contributed by atoms with Gasteiger partial charge in [-0.2, -0.15) is 0 Å². The van der Waals surface area contributed by atoms with E-state index in [4.69, 9.17) is 5.21 Å². The van der Waals surface area contributed by atoms with E-state index in [1.807, 2.05) is 24.3 Å². The van der Waals surface area contributed by atoms with Crippen LogP contribution in [0.4, 0.5) is 5.69 Å². The van der Waals surface area contributed by atoms with E-state index in [1.54, 1.807) is 0 Å². The lowest BCUT2D eigenvalue weighted by molar-refractivity contribution is 0.312. The first-order valence-electron chi connectivity index (χ1n) is 6.02. The predicted molar refractivity (Wildman–Crippen MR) is 71.6 cm³/mol.